The Labute approximate surface area is 90.2 Å². The van der Waals surface area contributed by atoms with Crippen LogP contribution in [-0.4, -0.2) is 36.9 Å². The fourth-order valence-electron chi connectivity index (χ4n) is 2.18. The summed E-state index contributed by atoms with van der Waals surface area (Å²) in [6, 6.07) is 2.47. The Bertz CT molecular complexity index is 311. The highest BCUT2D eigenvalue weighted by Gasteiger charge is 2.27. The van der Waals surface area contributed by atoms with Gasteiger partial charge in [-0.2, -0.15) is 0 Å². The first kappa shape index (κ1) is 10.6. The highest BCUT2D eigenvalue weighted by Crippen LogP contribution is 2.30. The van der Waals surface area contributed by atoms with E-state index in [1.807, 2.05) is 13.0 Å². The topological polar surface area (TPSA) is 38.5 Å². The predicted molar refractivity (Wildman–Crippen MR) is 56.7 cm³/mol. The maximum atomic E-state index is 5.12. The second kappa shape index (κ2) is 4.77. The number of hydrogen-bond donors (Lipinski definition) is 0. The summed E-state index contributed by atoms with van der Waals surface area (Å²) in [7, 11) is 1.74. The van der Waals surface area contributed by atoms with Crippen LogP contribution in [0.2, 0.25) is 0 Å². The van der Waals surface area contributed by atoms with Gasteiger partial charge < -0.3 is 9.26 Å². The predicted octanol–water partition coefficient (Wildman–Crippen LogP) is 1.77. The molecule has 4 heteroatoms. The first-order valence-corrected chi connectivity index (χ1v) is 5.47. The first-order chi connectivity index (χ1) is 7.31. The molecule has 1 aliphatic rings. The Morgan fingerprint density at radius 3 is 3.20 bits per heavy atom. The number of nitrogens with zero attached hydrogens (tertiary/aromatic N) is 2. The molecule has 1 saturated heterocycles. The van der Waals surface area contributed by atoms with Crippen LogP contribution in [0.4, 0.5) is 0 Å². The lowest BCUT2D eigenvalue weighted by Gasteiger charge is -2.21. The molecule has 1 aromatic heterocycles. The van der Waals surface area contributed by atoms with Gasteiger partial charge in [0.1, 0.15) is 11.5 Å². The molecule has 0 spiro atoms. The summed E-state index contributed by atoms with van der Waals surface area (Å²) in [5.74, 6) is 0.892. The Morgan fingerprint density at radius 1 is 1.67 bits per heavy atom. The van der Waals surface area contributed by atoms with Crippen molar-refractivity contribution in [1.82, 2.24) is 10.1 Å². The van der Waals surface area contributed by atoms with Crippen molar-refractivity contribution in [2.75, 3.05) is 26.8 Å². The summed E-state index contributed by atoms with van der Waals surface area (Å²) in [4.78, 5) is 2.42. The van der Waals surface area contributed by atoms with Crippen LogP contribution in [0.1, 0.15) is 30.3 Å². The van der Waals surface area contributed by atoms with E-state index in [0.29, 0.717) is 6.04 Å². The van der Waals surface area contributed by atoms with Crippen molar-refractivity contribution in [3.63, 3.8) is 0 Å². The van der Waals surface area contributed by atoms with Gasteiger partial charge in [-0.05, 0) is 26.3 Å². The lowest BCUT2D eigenvalue weighted by Crippen LogP contribution is -2.27. The molecule has 1 atom stereocenters. The van der Waals surface area contributed by atoms with Crippen LogP contribution in [0.15, 0.2) is 10.6 Å². The molecule has 1 aliphatic heterocycles. The first-order valence-electron chi connectivity index (χ1n) is 5.47. The van der Waals surface area contributed by atoms with Gasteiger partial charge in [0.25, 0.3) is 0 Å². The number of likely N-dealkylation sites (tertiary alicyclic amines) is 1. The standard InChI is InChI=1S/C11H18N2O2/c1-9-8-10(12-15-9)11-4-3-5-13(11)6-7-14-2/h8,11H,3-7H2,1-2H3/t11-/m0/s1. The van der Waals surface area contributed by atoms with Crippen LogP contribution in [0.5, 0.6) is 0 Å². The van der Waals surface area contributed by atoms with E-state index in [1.54, 1.807) is 7.11 Å². The Morgan fingerprint density at radius 2 is 2.53 bits per heavy atom. The molecular weight excluding hydrogens is 192 g/mol. The fourth-order valence-corrected chi connectivity index (χ4v) is 2.18. The highest BCUT2D eigenvalue weighted by atomic mass is 16.5. The van der Waals surface area contributed by atoms with E-state index >= 15 is 0 Å². The van der Waals surface area contributed by atoms with Crippen molar-refractivity contribution in [3.05, 3.63) is 17.5 Å². The summed E-state index contributed by atoms with van der Waals surface area (Å²) in [6.45, 7) is 4.84. The highest BCUT2D eigenvalue weighted by molar-refractivity contribution is 5.10. The minimum atomic E-state index is 0.428. The van der Waals surface area contributed by atoms with Gasteiger partial charge in [0.2, 0.25) is 0 Å². The van der Waals surface area contributed by atoms with E-state index in [1.165, 1.54) is 12.8 Å². The van der Waals surface area contributed by atoms with Gasteiger partial charge in [-0.15, -0.1) is 0 Å². The van der Waals surface area contributed by atoms with Gasteiger partial charge in [0.15, 0.2) is 0 Å². The molecule has 0 amide bonds. The number of ether oxygens (including phenoxy) is 1. The summed E-state index contributed by atoms with van der Waals surface area (Å²) in [5, 5.41) is 4.10. The Kier molecular flexibility index (Phi) is 3.38. The third-order valence-electron chi connectivity index (χ3n) is 2.93. The van der Waals surface area contributed by atoms with Crippen molar-refractivity contribution >= 4 is 0 Å². The molecular formula is C11H18N2O2. The van der Waals surface area contributed by atoms with E-state index in [4.69, 9.17) is 9.26 Å². The molecule has 1 fully saturated rings. The molecule has 2 rings (SSSR count). The largest absolute Gasteiger partial charge is 0.383 e. The van der Waals surface area contributed by atoms with Crippen LogP contribution < -0.4 is 0 Å². The van der Waals surface area contributed by atoms with Gasteiger partial charge in [0, 0.05) is 19.7 Å². The van der Waals surface area contributed by atoms with Crippen molar-refractivity contribution in [1.29, 1.82) is 0 Å². The number of aryl methyl sites for hydroxylation is 1. The third kappa shape index (κ3) is 2.38. The molecule has 84 valence electrons. The van der Waals surface area contributed by atoms with Crippen LogP contribution >= 0.6 is 0 Å². The van der Waals surface area contributed by atoms with Gasteiger partial charge in [-0.3, -0.25) is 4.90 Å². The molecule has 2 heterocycles. The van der Waals surface area contributed by atoms with E-state index in [2.05, 4.69) is 10.1 Å². The Balaban J connectivity index is 2.01. The average Bonchev–Trinajstić information content (AvgIpc) is 2.82. The van der Waals surface area contributed by atoms with Crippen LogP contribution in [0, 0.1) is 6.92 Å². The maximum Gasteiger partial charge on any atom is 0.133 e. The Hall–Kier alpha value is -0.870. The van der Waals surface area contributed by atoms with E-state index in [0.717, 1.165) is 31.2 Å². The lowest BCUT2D eigenvalue weighted by atomic mass is 10.1. The molecule has 0 N–H and O–H groups in total. The zero-order valence-corrected chi connectivity index (χ0v) is 9.40. The second-order valence-corrected chi connectivity index (χ2v) is 4.05. The molecule has 0 saturated carbocycles. The molecule has 0 radical (unpaired) electrons. The minimum Gasteiger partial charge on any atom is -0.383 e. The minimum absolute atomic E-state index is 0.428. The quantitative estimate of drug-likeness (QED) is 0.759. The molecule has 1 aromatic rings. The molecule has 0 unspecified atom stereocenters. The number of hydrogen-bond acceptors (Lipinski definition) is 4. The van der Waals surface area contributed by atoms with E-state index in [9.17, 15) is 0 Å². The molecule has 4 nitrogen and oxygen atoms in total. The second-order valence-electron chi connectivity index (χ2n) is 4.05. The summed E-state index contributed by atoms with van der Waals surface area (Å²) >= 11 is 0. The zero-order valence-electron chi connectivity index (χ0n) is 9.40. The van der Waals surface area contributed by atoms with Crippen molar-refractivity contribution in [2.24, 2.45) is 0 Å². The van der Waals surface area contributed by atoms with Gasteiger partial charge in [-0.25, -0.2) is 0 Å². The van der Waals surface area contributed by atoms with Crippen molar-refractivity contribution < 1.29 is 9.26 Å². The van der Waals surface area contributed by atoms with Gasteiger partial charge in [0.05, 0.1) is 12.6 Å². The number of methoxy groups -OCH3 is 1. The number of aromatic nitrogens is 1. The third-order valence-corrected chi connectivity index (χ3v) is 2.93. The van der Waals surface area contributed by atoms with E-state index < -0.39 is 0 Å². The molecule has 15 heavy (non-hydrogen) atoms. The summed E-state index contributed by atoms with van der Waals surface area (Å²) in [5.41, 5.74) is 1.07. The molecule has 0 aliphatic carbocycles. The summed E-state index contributed by atoms with van der Waals surface area (Å²) < 4.78 is 10.2. The van der Waals surface area contributed by atoms with Crippen molar-refractivity contribution in [2.45, 2.75) is 25.8 Å². The SMILES string of the molecule is COCCN1CCC[C@H]1c1cc(C)on1. The summed E-state index contributed by atoms with van der Waals surface area (Å²) in [6.07, 6.45) is 2.41. The normalized spacial score (nSPS) is 22.4. The fraction of sp³-hybridized carbons (Fsp3) is 0.727. The number of rotatable bonds is 4. The molecule has 0 aromatic carbocycles. The van der Waals surface area contributed by atoms with Crippen molar-refractivity contribution in [3.8, 4) is 0 Å². The average molecular weight is 210 g/mol. The van der Waals surface area contributed by atoms with Crippen LogP contribution in [0.25, 0.3) is 0 Å². The monoisotopic (exact) mass is 210 g/mol. The lowest BCUT2D eigenvalue weighted by molar-refractivity contribution is 0.139. The smallest absolute Gasteiger partial charge is 0.133 e. The maximum absolute atomic E-state index is 5.12. The van der Waals surface area contributed by atoms with Gasteiger partial charge in [-0.1, -0.05) is 5.16 Å². The van der Waals surface area contributed by atoms with Crippen LogP contribution in [0.3, 0.4) is 0 Å². The van der Waals surface area contributed by atoms with E-state index in [-0.39, 0.29) is 0 Å². The van der Waals surface area contributed by atoms with Crippen LogP contribution in [-0.2, 0) is 4.74 Å². The van der Waals surface area contributed by atoms with Gasteiger partial charge >= 0.3 is 0 Å². The molecule has 0 bridgehead atoms. The zero-order chi connectivity index (χ0) is 10.7.